The van der Waals surface area contributed by atoms with Crippen molar-refractivity contribution in [3.8, 4) is 0 Å². The zero-order valence-electron chi connectivity index (χ0n) is 13.1. The summed E-state index contributed by atoms with van der Waals surface area (Å²) in [5.74, 6) is 0. The Hall–Kier alpha value is -0.120. The van der Waals surface area contributed by atoms with E-state index in [1.54, 1.807) is 0 Å². The molecule has 0 amide bonds. The molecule has 1 aromatic carbocycles. The van der Waals surface area contributed by atoms with E-state index in [-0.39, 0.29) is 0 Å². The number of likely N-dealkylation sites (tertiary alicyclic amines) is 1. The smallest absolute Gasteiger partial charge is 0.0309 e. The highest BCUT2D eigenvalue weighted by molar-refractivity contribution is 8.04. The Bertz CT molecular complexity index is 373. The van der Waals surface area contributed by atoms with Gasteiger partial charge in [0.15, 0.2) is 0 Å². The molecule has 0 aliphatic carbocycles. The summed E-state index contributed by atoms with van der Waals surface area (Å²) in [4.78, 5) is 2.63. The number of rotatable bonds is 6. The third-order valence-corrected chi connectivity index (χ3v) is 6.35. The zero-order chi connectivity index (χ0) is 14.5. The Morgan fingerprint density at radius 3 is 1.90 bits per heavy atom. The standard InChI is InChI=1S/C17H27NS2/c1-13(2)19-16-11-18(12-17(16)20-14(3)4)10-15-8-6-5-7-9-15/h5-9,13-14,16-17H,10-12H2,1-4H3. The van der Waals surface area contributed by atoms with Gasteiger partial charge in [-0.3, -0.25) is 4.90 Å². The minimum absolute atomic E-state index is 0.729. The maximum Gasteiger partial charge on any atom is 0.0309 e. The van der Waals surface area contributed by atoms with E-state index >= 15 is 0 Å². The summed E-state index contributed by atoms with van der Waals surface area (Å²) < 4.78 is 0. The number of hydrogen-bond acceptors (Lipinski definition) is 3. The van der Waals surface area contributed by atoms with Crippen LogP contribution in [0.2, 0.25) is 0 Å². The number of hydrogen-bond donors (Lipinski definition) is 0. The Morgan fingerprint density at radius 2 is 1.45 bits per heavy atom. The molecular weight excluding hydrogens is 282 g/mol. The molecule has 1 aromatic rings. The topological polar surface area (TPSA) is 3.24 Å². The lowest BCUT2D eigenvalue weighted by molar-refractivity contribution is 0.333. The Morgan fingerprint density at radius 1 is 0.950 bits per heavy atom. The number of benzene rings is 1. The predicted molar refractivity (Wildman–Crippen MR) is 94.7 cm³/mol. The van der Waals surface area contributed by atoms with Crippen LogP contribution in [-0.2, 0) is 6.54 Å². The molecule has 0 N–H and O–H groups in total. The van der Waals surface area contributed by atoms with Crippen LogP contribution in [0.15, 0.2) is 30.3 Å². The van der Waals surface area contributed by atoms with E-state index in [2.05, 4.69) is 86.5 Å². The third kappa shape index (κ3) is 5.01. The summed E-state index contributed by atoms with van der Waals surface area (Å²) in [6.45, 7) is 12.9. The molecule has 2 unspecified atom stereocenters. The fourth-order valence-electron chi connectivity index (χ4n) is 2.75. The SMILES string of the molecule is CC(C)SC1CN(Cc2ccccc2)CC1SC(C)C. The van der Waals surface area contributed by atoms with Crippen molar-refractivity contribution < 1.29 is 0 Å². The number of thioether (sulfide) groups is 2. The summed E-state index contributed by atoms with van der Waals surface area (Å²) in [6.07, 6.45) is 0. The lowest BCUT2D eigenvalue weighted by atomic mass is 10.2. The van der Waals surface area contributed by atoms with E-state index in [9.17, 15) is 0 Å². The zero-order valence-corrected chi connectivity index (χ0v) is 14.7. The van der Waals surface area contributed by atoms with Crippen molar-refractivity contribution in [1.82, 2.24) is 4.90 Å². The van der Waals surface area contributed by atoms with Gasteiger partial charge in [-0.15, -0.1) is 0 Å². The Labute approximate surface area is 132 Å². The van der Waals surface area contributed by atoms with Gasteiger partial charge in [0, 0.05) is 30.1 Å². The van der Waals surface area contributed by atoms with Gasteiger partial charge >= 0.3 is 0 Å². The second kappa shape index (κ2) is 7.77. The maximum atomic E-state index is 2.63. The molecule has 112 valence electrons. The first kappa shape index (κ1) is 16.3. The average Bonchev–Trinajstić information content (AvgIpc) is 2.70. The fraction of sp³-hybridized carbons (Fsp3) is 0.647. The molecule has 1 heterocycles. The van der Waals surface area contributed by atoms with Gasteiger partial charge in [0.1, 0.15) is 0 Å². The van der Waals surface area contributed by atoms with E-state index in [0.29, 0.717) is 0 Å². The molecular formula is C17H27NS2. The summed E-state index contributed by atoms with van der Waals surface area (Å²) in [6, 6.07) is 10.9. The van der Waals surface area contributed by atoms with Crippen LogP contribution in [0.25, 0.3) is 0 Å². The molecule has 0 saturated carbocycles. The van der Waals surface area contributed by atoms with Gasteiger partial charge in [-0.1, -0.05) is 58.0 Å². The molecule has 1 aliphatic heterocycles. The van der Waals surface area contributed by atoms with Gasteiger partial charge in [-0.05, 0) is 16.1 Å². The highest BCUT2D eigenvalue weighted by Gasteiger charge is 2.34. The van der Waals surface area contributed by atoms with Gasteiger partial charge in [0.05, 0.1) is 0 Å². The first-order chi connectivity index (χ1) is 9.54. The molecule has 1 nitrogen and oxygen atoms in total. The van der Waals surface area contributed by atoms with Gasteiger partial charge in [-0.25, -0.2) is 0 Å². The molecule has 0 aromatic heterocycles. The molecule has 2 rings (SSSR count). The molecule has 0 spiro atoms. The fourth-order valence-corrected chi connectivity index (χ4v) is 5.65. The maximum absolute atomic E-state index is 2.63. The van der Waals surface area contributed by atoms with Gasteiger partial charge < -0.3 is 0 Å². The van der Waals surface area contributed by atoms with Gasteiger partial charge in [0.25, 0.3) is 0 Å². The Balaban J connectivity index is 1.95. The van der Waals surface area contributed by atoms with Crippen LogP contribution in [-0.4, -0.2) is 39.0 Å². The molecule has 20 heavy (non-hydrogen) atoms. The quantitative estimate of drug-likeness (QED) is 0.760. The second-order valence-corrected chi connectivity index (χ2v) is 9.77. The van der Waals surface area contributed by atoms with Crippen molar-refractivity contribution in [2.24, 2.45) is 0 Å². The van der Waals surface area contributed by atoms with Crippen molar-refractivity contribution in [3.05, 3.63) is 35.9 Å². The van der Waals surface area contributed by atoms with E-state index in [1.807, 2.05) is 0 Å². The largest absolute Gasteiger partial charge is 0.297 e. The van der Waals surface area contributed by atoms with Gasteiger partial charge in [-0.2, -0.15) is 23.5 Å². The Kier molecular flexibility index (Phi) is 6.31. The van der Waals surface area contributed by atoms with E-state index in [0.717, 1.165) is 27.5 Å². The first-order valence-electron chi connectivity index (χ1n) is 7.61. The molecule has 1 fully saturated rings. The van der Waals surface area contributed by atoms with Crippen LogP contribution in [0, 0.1) is 0 Å². The van der Waals surface area contributed by atoms with Crippen LogP contribution in [0.3, 0.4) is 0 Å². The normalized spacial score (nSPS) is 23.9. The summed E-state index contributed by atoms with van der Waals surface area (Å²) in [5.41, 5.74) is 1.44. The van der Waals surface area contributed by atoms with Crippen LogP contribution < -0.4 is 0 Å². The van der Waals surface area contributed by atoms with E-state index in [4.69, 9.17) is 0 Å². The molecule has 0 bridgehead atoms. The predicted octanol–water partition coefficient (Wildman–Crippen LogP) is 4.52. The van der Waals surface area contributed by atoms with Crippen molar-refractivity contribution in [3.63, 3.8) is 0 Å². The summed E-state index contributed by atoms with van der Waals surface area (Å²) in [7, 11) is 0. The minimum atomic E-state index is 0.729. The summed E-state index contributed by atoms with van der Waals surface area (Å²) >= 11 is 4.33. The lowest BCUT2D eigenvalue weighted by Gasteiger charge is -2.21. The monoisotopic (exact) mass is 309 g/mol. The van der Waals surface area contributed by atoms with Crippen LogP contribution in [0.4, 0.5) is 0 Å². The first-order valence-corrected chi connectivity index (χ1v) is 9.50. The van der Waals surface area contributed by atoms with Crippen LogP contribution in [0.1, 0.15) is 33.3 Å². The van der Waals surface area contributed by atoms with Crippen LogP contribution in [0.5, 0.6) is 0 Å². The van der Waals surface area contributed by atoms with Crippen LogP contribution >= 0.6 is 23.5 Å². The van der Waals surface area contributed by atoms with E-state index < -0.39 is 0 Å². The molecule has 1 aliphatic rings. The molecule has 0 radical (unpaired) electrons. The van der Waals surface area contributed by atoms with Gasteiger partial charge in [0.2, 0.25) is 0 Å². The second-order valence-electron chi connectivity index (χ2n) is 6.13. The molecule has 2 atom stereocenters. The van der Waals surface area contributed by atoms with Crippen molar-refractivity contribution in [2.45, 2.75) is 55.2 Å². The van der Waals surface area contributed by atoms with Crippen molar-refractivity contribution >= 4 is 23.5 Å². The number of nitrogens with zero attached hydrogens (tertiary/aromatic N) is 1. The average molecular weight is 310 g/mol. The summed E-state index contributed by atoms with van der Waals surface area (Å²) in [5, 5.41) is 3.02. The minimum Gasteiger partial charge on any atom is -0.297 e. The highest BCUT2D eigenvalue weighted by atomic mass is 32.2. The van der Waals surface area contributed by atoms with Crippen molar-refractivity contribution in [2.75, 3.05) is 13.1 Å². The highest BCUT2D eigenvalue weighted by Crippen LogP contribution is 2.35. The third-order valence-electron chi connectivity index (χ3n) is 3.43. The molecule has 1 saturated heterocycles. The molecule has 3 heteroatoms. The lowest BCUT2D eigenvalue weighted by Crippen LogP contribution is -2.21. The van der Waals surface area contributed by atoms with E-state index in [1.165, 1.54) is 18.7 Å². The van der Waals surface area contributed by atoms with Crippen molar-refractivity contribution in [1.29, 1.82) is 0 Å².